The summed E-state index contributed by atoms with van der Waals surface area (Å²) in [5, 5.41) is 5.06. The third-order valence-corrected chi connectivity index (χ3v) is 5.50. The van der Waals surface area contributed by atoms with E-state index >= 15 is 0 Å². The van der Waals surface area contributed by atoms with Crippen molar-refractivity contribution in [3.05, 3.63) is 22.2 Å². The Labute approximate surface area is 121 Å². The molecule has 0 aliphatic heterocycles. The Kier molecular flexibility index (Phi) is 4.99. The second kappa shape index (κ2) is 5.78. The zero-order chi connectivity index (χ0) is 14.8. The van der Waals surface area contributed by atoms with Gasteiger partial charge in [-0.15, -0.1) is 0 Å². The Morgan fingerprint density at radius 1 is 1.26 bits per heavy atom. The highest BCUT2D eigenvalue weighted by Crippen LogP contribution is 2.29. The summed E-state index contributed by atoms with van der Waals surface area (Å²) >= 11 is 3.13. The van der Waals surface area contributed by atoms with Crippen molar-refractivity contribution in [2.75, 3.05) is 10.5 Å². The van der Waals surface area contributed by atoms with E-state index < -0.39 is 20.0 Å². The molecule has 0 aliphatic carbocycles. The lowest BCUT2D eigenvalue weighted by Gasteiger charge is -2.12. The van der Waals surface area contributed by atoms with Crippen LogP contribution in [0, 0.1) is 6.92 Å². The second-order valence-corrected chi connectivity index (χ2v) is 8.29. The van der Waals surface area contributed by atoms with Gasteiger partial charge in [0.1, 0.15) is 0 Å². The molecule has 0 aromatic heterocycles. The predicted octanol–water partition coefficient (Wildman–Crippen LogP) is 1.56. The van der Waals surface area contributed by atoms with Gasteiger partial charge >= 0.3 is 0 Å². The van der Waals surface area contributed by atoms with Crippen LogP contribution in [0.5, 0.6) is 0 Å². The molecular weight excluding hydrogens is 356 g/mol. The van der Waals surface area contributed by atoms with Crippen LogP contribution in [0.3, 0.4) is 0 Å². The van der Waals surface area contributed by atoms with Gasteiger partial charge < -0.3 is 0 Å². The number of hydrogen-bond acceptors (Lipinski definition) is 4. The molecule has 19 heavy (non-hydrogen) atoms. The van der Waals surface area contributed by atoms with Gasteiger partial charge in [0, 0.05) is 4.47 Å². The predicted molar refractivity (Wildman–Crippen MR) is 78.0 cm³/mol. The van der Waals surface area contributed by atoms with Crippen molar-refractivity contribution < 1.29 is 16.8 Å². The highest BCUT2D eigenvalue weighted by Gasteiger charge is 2.17. The van der Waals surface area contributed by atoms with Gasteiger partial charge in [0.15, 0.2) is 0 Å². The third kappa shape index (κ3) is 4.44. The smallest absolute Gasteiger partial charge is 0.238 e. The maximum atomic E-state index is 11.7. The minimum absolute atomic E-state index is 0.00454. The van der Waals surface area contributed by atoms with Gasteiger partial charge in [-0.3, -0.25) is 4.72 Å². The maximum Gasteiger partial charge on any atom is 0.238 e. The molecule has 0 fully saturated rings. The lowest BCUT2D eigenvalue weighted by Crippen LogP contribution is -2.18. The largest absolute Gasteiger partial charge is 0.282 e. The van der Waals surface area contributed by atoms with Crippen molar-refractivity contribution in [3.8, 4) is 0 Å². The number of benzene rings is 1. The molecule has 0 saturated carbocycles. The van der Waals surface area contributed by atoms with E-state index in [9.17, 15) is 16.8 Å². The van der Waals surface area contributed by atoms with Crippen LogP contribution in [0.25, 0.3) is 0 Å². The Balaban J connectivity index is 3.25. The van der Waals surface area contributed by atoms with E-state index in [1.165, 1.54) is 12.1 Å². The molecule has 0 aliphatic rings. The fourth-order valence-corrected chi connectivity index (χ4v) is 4.19. The SMILES string of the molecule is CCCS(=O)(=O)Nc1cc(C)c(S(N)(=O)=O)cc1Br. The van der Waals surface area contributed by atoms with Gasteiger partial charge in [-0.1, -0.05) is 6.92 Å². The summed E-state index contributed by atoms with van der Waals surface area (Å²) in [4.78, 5) is -0.0437. The molecule has 3 N–H and O–H groups in total. The molecular formula is C10H15BrN2O4S2. The Bertz CT molecular complexity index is 684. The van der Waals surface area contributed by atoms with Crippen LogP contribution in [0.1, 0.15) is 18.9 Å². The van der Waals surface area contributed by atoms with E-state index in [-0.39, 0.29) is 10.6 Å². The number of sulfonamides is 2. The van der Waals surface area contributed by atoms with Gasteiger partial charge in [-0.25, -0.2) is 22.0 Å². The third-order valence-electron chi connectivity index (χ3n) is 2.31. The highest BCUT2D eigenvalue weighted by atomic mass is 79.9. The Morgan fingerprint density at radius 3 is 2.32 bits per heavy atom. The van der Waals surface area contributed by atoms with Crippen LogP contribution in [-0.4, -0.2) is 22.6 Å². The van der Waals surface area contributed by atoms with E-state index in [0.717, 1.165) is 0 Å². The van der Waals surface area contributed by atoms with Gasteiger partial charge in [-0.2, -0.15) is 0 Å². The molecule has 0 saturated heterocycles. The normalized spacial score (nSPS) is 12.4. The summed E-state index contributed by atoms with van der Waals surface area (Å²) in [6.45, 7) is 3.30. The molecule has 0 spiro atoms. The van der Waals surface area contributed by atoms with E-state index in [2.05, 4.69) is 20.7 Å². The van der Waals surface area contributed by atoms with Gasteiger partial charge in [0.25, 0.3) is 0 Å². The number of rotatable bonds is 5. The van der Waals surface area contributed by atoms with Gasteiger partial charge in [0.2, 0.25) is 20.0 Å². The Hall–Kier alpha value is -0.640. The first kappa shape index (κ1) is 16.4. The molecule has 1 aromatic rings. The number of nitrogens with two attached hydrogens (primary N) is 1. The molecule has 0 bridgehead atoms. The average Bonchev–Trinajstić information content (AvgIpc) is 2.20. The molecule has 1 rings (SSSR count). The molecule has 0 radical (unpaired) electrons. The van der Waals surface area contributed by atoms with Crippen LogP contribution in [0.4, 0.5) is 5.69 Å². The summed E-state index contributed by atoms with van der Waals surface area (Å²) in [7, 11) is -7.27. The average molecular weight is 371 g/mol. The molecule has 108 valence electrons. The molecule has 0 unspecified atom stereocenters. The highest BCUT2D eigenvalue weighted by molar-refractivity contribution is 9.10. The van der Waals surface area contributed by atoms with Crippen LogP contribution in [0.2, 0.25) is 0 Å². The summed E-state index contributed by atoms with van der Waals surface area (Å²) in [5.41, 5.74) is 0.665. The van der Waals surface area contributed by atoms with Gasteiger partial charge in [0.05, 0.1) is 16.3 Å². The van der Waals surface area contributed by atoms with E-state index in [1.54, 1.807) is 13.8 Å². The van der Waals surface area contributed by atoms with E-state index in [1.807, 2.05) is 0 Å². The first-order chi connectivity index (χ1) is 8.57. The number of hydrogen-bond donors (Lipinski definition) is 2. The first-order valence-corrected chi connectivity index (χ1v) is 9.39. The van der Waals surface area contributed by atoms with Crippen molar-refractivity contribution >= 4 is 41.7 Å². The molecule has 0 heterocycles. The van der Waals surface area contributed by atoms with Crippen molar-refractivity contribution in [1.29, 1.82) is 0 Å². The second-order valence-electron chi connectivity index (χ2n) is 4.06. The lowest BCUT2D eigenvalue weighted by molar-refractivity contribution is 0.596. The molecule has 0 atom stereocenters. The molecule has 0 amide bonds. The minimum Gasteiger partial charge on any atom is -0.282 e. The number of primary sulfonamides is 1. The van der Waals surface area contributed by atoms with E-state index in [0.29, 0.717) is 22.1 Å². The van der Waals surface area contributed by atoms with Crippen LogP contribution in [-0.2, 0) is 20.0 Å². The van der Waals surface area contributed by atoms with Crippen LogP contribution in [0.15, 0.2) is 21.5 Å². The van der Waals surface area contributed by atoms with Crippen molar-refractivity contribution in [2.24, 2.45) is 5.14 Å². The first-order valence-electron chi connectivity index (χ1n) is 5.40. The fourth-order valence-electron chi connectivity index (χ4n) is 1.54. The number of nitrogens with one attached hydrogen (secondary N) is 1. The van der Waals surface area contributed by atoms with Crippen LogP contribution >= 0.6 is 15.9 Å². The number of aryl methyl sites for hydroxylation is 1. The summed E-state index contributed by atoms with van der Waals surface area (Å²) < 4.78 is 48.7. The van der Waals surface area contributed by atoms with Crippen LogP contribution < -0.4 is 9.86 Å². The zero-order valence-corrected chi connectivity index (χ0v) is 13.7. The maximum absolute atomic E-state index is 11.7. The number of anilines is 1. The van der Waals surface area contributed by atoms with E-state index in [4.69, 9.17) is 5.14 Å². The standard InChI is InChI=1S/C10H15BrN2O4S2/c1-3-4-18(14,15)13-9-5-7(2)10(6-8(9)11)19(12,16)17/h5-6,13H,3-4H2,1-2H3,(H2,12,16,17). The molecule has 9 heteroatoms. The summed E-state index contributed by atoms with van der Waals surface area (Å²) in [6.07, 6.45) is 0.487. The number of halogens is 1. The lowest BCUT2D eigenvalue weighted by atomic mass is 10.2. The van der Waals surface area contributed by atoms with Crippen molar-refractivity contribution in [1.82, 2.24) is 0 Å². The monoisotopic (exact) mass is 370 g/mol. The zero-order valence-electron chi connectivity index (χ0n) is 10.5. The molecule has 1 aromatic carbocycles. The molecule has 6 nitrogen and oxygen atoms in total. The van der Waals surface area contributed by atoms with Gasteiger partial charge in [-0.05, 0) is 47.0 Å². The fraction of sp³-hybridized carbons (Fsp3) is 0.400. The minimum atomic E-state index is -3.83. The summed E-state index contributed by atoms with van der Waals surface area (Å²) in [6, 6.07) is 2.71. The van der Waals surface area contributed by atoms with Crippen molar-refractivity contribution in [2.45, 2.75) is 25.2 Å². The summed E-state index contributed by atoms with van der Waals surface area (Å²) in [5.74, 6) is -0.00454. The Morgan fingerprint density at radius 2 is 1.84 bits per heavy atom. The quantitative estimate of drug-likeness (QED) is 0.819. The topological polar surface area (TPSA) is 106 Å². The van der Waals surface area contributed by atoms with Crippen molar-refractivity contribution in [3.63, 3.8) is 0 Å².